The van der Waals surface area contributed by atoms with E-state index in [0.717, 1.165) is 5.69 Å². The number of aromatic amines is 1. The van der Waals surface area contributed by atoms with Crippen LogP contribution in [0, 0.1) is 6.92 Å². The molecule has 10 heavy (non-hydrogen) atoms. The second-order valence-corrected chi connectivity index (χ2v) is 1.64. The Morgan fingerprint density at radius 2 is 1.80 bits per heavy atom. The van der Waals surface area contributed by atoms with Gasteiger partial charge in [0, 0.05) is 0 Å². The van der Waals surface area contributed by atoms with E-state index >= 15 is 0 Å². The molecule has 0 fully saturated rings. The number of aromatic nitrogens is 2. The minimum atomic E-state index is 0. The Balaban J connectivity index is 0. The fourth-order valence-corrected chi connectivity index (χ4v) is 0.459. The smallest absolute Gasteiger partial charge is 0.142 e. The molecule has 60 valence electrons. The molecule has 0 aliphatic rings. The van der Waals surface area contributed by atoms with E-state index in [0.29, 0.717) is 11.5 Å². The summed E-state index contributed by atoms with van der Waals surface area (Å²) in [5.74, 6) is 0.447. The van der Waals surface area contributed by atoms with Crippen LogP contribution in [0.5, 0.6) is 0 Å². The molecule has 0 atom stereocenters. The van der Waals surface area contributed by atoms with Gasteiger partial charge in [0.05, 0.1) is 11.4 Å². The highest BCUT2D eigenvalue weighted by atomic mass is 35.5. The van der Waals surface area contributed by atoms with Crippen LogP contribution in [0.1, 0.15) is 5.69 Å². The van der Waals surface area contributed by atoms with Gasteiger partial charge in [-0.15, -0.1) is 24.8 Å². The van der Waals surface area contributed by atoms with Gasteiger partial charge in [-0.2, -0.15) is 5.10 Å². The number of nitrogens with one attached hydrogen (secondary N) is 1. The van der Waals surface area contributed by atoms with Crippen molar-refractivity contribution in [2.75, 3.05) is 11.5 Å². The highest BCUT2D eigenvalue weighted by Gasteiger charge is 1.98. The lowest BCUT2D eigenvalue weighted by Crippen LogP contribution is -1.91. The molecule has 0 aliphatic heterocycles. The number of rotatable bonds is 0. The van der Waals surface area contributed by atoms with Crippen molar-refractivity contribution in [3.05, 3.63) is 5.69 Å². The highest BCUT2D eigenvalue weighted by Crippen LogP contribution is 2.12. The Hall–Kier alpha value is -0.610. The second-order valence-electron chi connectivity index (χ2n) is 1.64. The van der Waals surface area contributed by atoms with E-state index in [1.165, 1.54) is 0 Å². The van der Waals surface area contributed by atoms with Crippen LogP contribution in [0.4, 0.5) is 11.5 Å². The maximum atomic E-state index is 5.38. The Morgan fingerprint density at radius 3 is 1.90 bits per heavy atom. The fraction of sp³-hybridized carbons (Fsp3) is 0.250. The van der Waals surface area contributed by atoms with E-state index in [1.54, 1.807) is 6.92 Å². The molecule has 6 heteroatoms. The third kappa shape index (κ3) is 1.97. The molecular weight excluding hydrogens is 175 g/mol. The molecule has 0 aliphatic carbocycles. The van der Waals surface area contributed by atoms with E-state index < -0.39 is 0 Å². The lowest BCUT2D eigenvalue weighted by Gasteiger charge is -1.84. The molecule has 0 saturated heterocycles. The number of aryl methyl sites for hydroxylation is 1. The highest BCUT2D eigenvalue weighted by molar-refractivity contribution is 5.85. The van der Waals surface area contributed by atoms with Crippen LogP contribution in [-0.2, 0) is 0 Å². The Morgan fingerprint density at radius 1 is 1.30 bits per heavy atom. The van der Waals surface area contributed by atoms with E-state index in [1.807, 2.05) is 0 Å². The maximum Gasteiger partial charge on any atom is 0.142 e. The molecule has 1 heterocycles. The van der Waals surface area contributed by atoms with Crippen LogP contribution in [0.15, 0.2) is 0 Å². The molecule has 0 saturated carbocycles. The third-order valence-electron chi connectivity index (χ3n) is 1.02. The number of nitrogen functional groups attached to an aromatic ring is 2. The average Bonchev–Trinajstić information content (AvgIpc) is 1.98. The summed E-state index contributed by atoms with van der Waals surface area (Å²) in [5, 5.41) is 6.28. The van der Waals surface area contributed by atoms with Gasteiger partial charge in [0.2, 0.25) is 0 Å². The van der Waals surface area contributed by atoms with Crippen molar-refractivity contribution in [2.45, 2.75) is 6.92 Å². The van der Waals surface area contributed by atoms with Crippen LogP contribution in [0.3, 0.4) is 0 Å². The van der Waals surface area contributed by atoms with E-state index in [2.05, 4.69) is 10.2 Å². The number of halogens is 2. The number of anilines is 2. The normalized spacial score (nSPS) is 7.70. The molecule has 0 unspecified atom stereocenters. The number of nitrogens with zero attached hydrogens (tertiary/aromatic N) is 1. The SMILES string of the molecule is Cc1n[nH]c(N)c1N.Cl.Cl. The zero-order valence-corrected chi connectivity index (χ0v) is 7.05. The molecule has 1 aromatic rings. The van der Waals surface area contributed by atoms with Gasteiger partial charge in [-0.05, 0) is 6.92 Å². The third-order valence-corrected chi connectivity index (χ3v) is 1.02. The van der Waals surface area contributed by atoms with Crippen LogP contribution >= 0.6 is 24.8 Å². The van der Waals surface area contributed by atoms with Crippen molar-refractivity contribution in [3.63, 3.8) is 0 Å². The average molecular weight is 185 g/mol. The standard InChI is InChI=1S/C4H8N4.2ClH/c1-2-3(5)4(6)8-7-2;;/h5H2,1H3,(H3,6,7,8);2*1H. The first kappa shape index (κ1) is 12.1. The topological polar surface area (TPSA) is 80.7 Å². The first-order chi connectivity index (χ1) is 3.72. The summed E-state index contributed by atoms with van der Waals surface area (Å²) in [6.45, 7) is 1.79. The van der Waals surface area contributed by atoms with Crippen molar-refractivity contribution in [2.24, 2.45) is 0 Å². The first-order valence-corrected chi connectivity index (χ1v) is 2.27. The predicted molar refractivity (Wildman–Crippen MR) is 46.6 cm³/mol. The molecule has 1 rings (SSSR count). The predicted octanol–water partition coefficient (Wildman–Crippen LogP) is 0.726. The number of H-pyrrole nitrogens is 1. The molecular formula is C4H10Cl2N4. The van der Waals surface area contributed by atoms with Crippen molar-refractivity contribution < 1.29 is 0 Å². The first-order valence-electron chi connectivity index (χ1n) is 2.27. The van der Waals surface area contributed by atoms with Gasteiger partial charge in [0.15, 0.2) is 0 Å². The minimum Gasteiger partial charge on any atom is -0.394 e. The summed E-state index contributed by atoms with van der Waals surface area (Å²) in [7, 11) is 0. The van der Waals surface area contributed by atoms with E-state index in [-0.39, 0.29) is 24.8 Å². The van der Waals surface area contributed by atoms with Crippen molar-refractivity contribution >= 4 is 36.3 Å². The van der Waals surface area contributed by atoms with Crippen molar-refractivity contribution in [3.8, 4) is 0 Å². The fourth-order valence-electron chi connectivity index (χ4n) is 0.459. The van der Waals surface area contributed by atoms with Crippen LogP contribution in [-0.4, -0.2) is 10.2 Å². The summed E-state index contributed by atoms with van der Waals surface area (Å²) in [6.07, 6.45) is 0. The zero-order chi connectivity index (χ0) is 6.15. The summed E-state index contributed by atoms with van der Waals surface area (Å²) in [4.78, 5) is 0. The largest absolute Gasteiger partial charge is 0.394 e. The van der Waals surface area contributed by atoms with Gasteiger partial charge in [0.25, 0.3) is 0 Å². The summed E-state index contributed by atoms with van der Waals surface area (Å²) in [6, 6.07) is 0. The number of hydrogen-bond acceptors (Lipinski definition) is 3. The molecule has 0 radical (unpaired) electrons. The van der Waals surface area contributed by atoms with Gasteiger partial charge in [-0.1, -0.05) is 0 Å². The lowest BCUT2D eigenvalue weighted by atomic mass is 10.4. The van der Waals surface area contributed by atoms with Crippen molar-refractivity contribution in [1.82, 2.24) is 10.2 Å². The Bertz CT molecular complexity index is 178. The van der Waals surface area contributed by atoms with Gasteiger partial charge in [-0.25, -0.2) is 0 Å². The van der Waals surface area contributed by atoms with Gasteiger partial charge >= 0.3 is 0 Å². The zero-order valence-electron chi connectivity index (χ0n) is 5.42. The maximum absolute atomic E-state index is 5.38. The second kappa shape index (κ2) is 4.24. The monoisotopic (exact) mass is 184 g/mol. The van der Waals surface area contributed by atoms with Crippen LogP contribution in [0.2, 0.25) is 0 Å². The van der Waals surface area contributed by atoms with Gasteiger partial charge in [-0.3, -0.25) is 5.10 Å². The van der Waals surface area contributed by atoms with Gasteiger partial charge in [0.1, 0.15) is 5.82 Å². The van der Waals surface area contributed by atoms with Crippen LogP contribution in [0.25, 0.3) is 0 Å². The molecule has 5 N–H and O–H groups in total. The Kier molecular flexibility index (Phi) is 5.14. The molecule has 1 aromatic heterocycles. The summed E-state index contributed by atoms with van der Waals surface area (Å²) >= 11 is 0. The van der Waals surface area contributed by atoms with Crippen LogP contribution < -0.4 is 11.5 Å². The summed E-state index contributed by atoms with van der Waals surface area (Å²) < 4.78 is 0. The molecule has 0 bridgehead atoms. The molecule has 4 nitrogen and oxygen atoms in total. The quantitative estimate of drug-likeness (QED) is 0.557. The minimum absolute atomic E-state index is 0. The van der Waals surface area contributed by atoms with Gasteiger partial charge < -0.3 is 11.5 Å². The molecule has 0 spiro atoms. The van der Waals surface area contributed by atoms with E-state index in [9.17, 15) is 0 Å². The lowest BCUT2D eigenvalue weighted by molar-refractivity contribution is 1.05. The number of hydrogen-bond donors (Lipinski definition) is 3. The molecule has 0 aromatic carbocycles. The Labute approximate surface area is 71.2 Å². The van der Waals surface area contributed by atoms with Crippen molar-refractivity contribution in [1.29, 1.82) is 0 Å². The molecule has 0 amide bonds. The number of nitrogens with two attached hydrogens (primary N) is 2. The summed E-state index contributed by atoms with van der Waals surface area (Å²) in [5.41, 5.74) is 12.0. The van der Waals surface area contributed by atoms with E-state index in [4.69, 9.17) is 11.5 Å².